The van der Waals surface area contributed by atoms with Gasteiger partial charge in [-0.25, -0.2) is 0 Å². The SMILES string of the molecule is Cc1c(-c2ccccc2)oc2c(C(=O)NC(C)c3ccc4c(c3)CCC(=O)N4)cccc2c1=O. The monoisotopic (exact) mass is 452 g/mol. The number of para-hydroxylation sites is 1. The molecule has 3 aromatic carbocycles. The van der Waals surface area contributed by atoms with Crippen molar-refractivity contribution in [2.45, 2.75) is 32.7 Å². The van der Waals surface area contributed by atoms with E-state index < -0.39 is 0 Å². The van der Waals surface area contributed by atoms with Crippen molar-refractivity contribution in [3.8, 4) is 11.3 Å². The molecule has 170 valence electrons. The van der Waals surface area contributed by atoms with E-state index in [0.29, 0.717) is 35.1 Å². The Morgan fingerprint density at radius 2 is 1.79 bits per heavy atom. The summed E-state index contributed by atoms with van der Waals surface area (Å²) >= 11 is 0. The van der Waals surface area contributed by atoms with Crippen LogP contribution in [0.4, 0.5) is 5.69 Å². The standard InChI is InChI=1S/C28H24N2O4/c1-16-25(32)21-9-6-10-22(27(21)34-26(16)18-7-4-3-5-8-18)28(33)29-17(2)19-11-13-23-20(15-19)12-14-24(31)30-23/h3-11,13,15,17H,12,14H2,1-2H3,(H,29,33)(H,30,31). The molecule has 0 bridgehead atoms. The van der Waals surface area contributed by atoms with Gasteiger partial charge in [-0.3, -0.25) is 14.4 Å². The van der Waals surface area contributed by atoms with Crippen LogP contribution >= 0.6 is 0 Å². The van der Waals surface area contributed by atoms with Crippen molar-refractivity contribution in [3.05, 3.63) is 99.2 Å². The van der Waals surface area contributed by atoms with E-state index >= 15 is 0 Å². The van der Waals surface area contributed by atoms with E-state index in [4.69, 9.17) is 4.42 Å². The van der Waals surface area contributed by atoms with Gasteiger partial charge in [0.15, 0.2) is 11.0 Å². The predicted octanol–water partition coefficient (Wildman–Crippen LogP) is 5.14. The molecule has 0 spiro atoms. The normalized spacial score (nSPS) is 13.8. The molecular formula is C28H24N2O4. The van der Waals surface area contributed by atoms with E-state index in [0.717, 1.165) is 22.4 Å². The minimum Gasteiger partial charge on any atom is -0.455 e. The van der Waals surface area contributed by atoms with Crippen molar-refractivity contribution in [1.82, 2.24) is 5.32 Å². The Bertz CT molecular complexity index is 1490. The highest BCUT2D eigenvalue weighted by Crippen LogP contribution is 2.29. The molecule has 1 aromatic heterocycles. The molecule has 2 amide bonds. The highest BCUT2D eigenvalue weighted by atomic mass is 16.3. The average Bonchev–Trinajstić information content (AvgIpc) is 2.86. The van der Waals surface area contributed by atoms with Gasteiger partial charge < -0.3 is 15.1 Å². The van der Waals surface area contributed by atoms with E-state index in [1.807, 2.05) is 55.5 Å². The summed E-state index contributed by atoms with van der Waals surface area (Å²) in [6.45, 7) is 3.64. The fraction of sp³-hybridized carbons (Fsp3) is 0.179. The molecule has 2 N–H and O–H groups in total. The van der Waals surface area contributed by atoms with Gasteiger partial charge in [-0.05, 0) is 49.6 Å². The van der Waals surface area contributed by atoms with Crippen molar-refractivity contribution >= 4 is 28.5 Å². The zero-order valence-corrected chi connectivity index (χ0v) is 19.0. The minimum atomic E-state index is -0.324. The summed E-state index contributed by atoms with van der Waals surface area (Å²) < 4.78 is 6.18. The Labute approximate surface area is 196 Å². The van der Waals surface area contributed by atoms with Crippen molar-refractivity contribution in [2.75, 3.05) is 5.32 Å². The van der Waals surface area contributed by atoms with Crippen LogP contribution in [0.5, 0.6) is 0 Å². The number of hydrogen-bond donors (Lipinski definition) is 2. The van der Waals surface area contributed by atoms with Crippen LogP contribution in [0.25, 0.3) is 22.3 Å². The summed E-state index contributed by atoms with van der Waals surface area (Å²) in [6.07, 6.45) is 1.13. The predicted molar refractivity (Wildman–Crippen MR) is 132 cm³/mol. The van der Waals surface area contributed by atoms with Gasteiger partial charge in [-0.1, -0.05) is 48.5 Å². The highest BCUT2D eigenvalue weighted by Gasteiger charge is 2.21. The Balaban J connectivity index is 1.49. The number of rotatable bonds is 4. The Morgan fingerprint density at radius 1 is 1.00 bits per heavy atom. The second-order valence-corrected chi connectivity index (χ2v) is 8.59. The van der Waals surface area contributed by atoms with E-state index in [9.17, 15) is 14.4 Å². The molecule has 2 heterocycles. The first kappa shape index (κ1) is 21.6. The lowest BCUT2D eigenvalue weighted by Gasteiger charge is -2.20. The minimum absolute atomic E-state index is 0.0177. The van der Waals surface area contributed by atoms with Gasteiger partial charge in [0.25, 0.3) is 5.91 Å². The highest BCUT2D eigenvalue weighted by molar-refractivity contribution is 6.05. The molecule has 5 rings (SSSR count). The molecule has 1 aliphatic heterocycles. The second kappa shape index (κ2) is 8.63. The Kier molecular flexibility index (Phi) is 5.49. The fourth-order valence-corrected chi connectivity index (χ4v) is 4.38. The maximum absolute atomic E-state index is 13.3. The molecule has 0 aliphatic carbocycles. The van der Waals surface area contributed by atoms with Crippen LogP contribution in [-0.4, -0.2) is 11.8 Å². The van der Waals surface area contributed by atoms with Crippen LogP contribution in [0.2, 0.25) is 0 Å². The van der Waals surface area contributed by atoms with Crippen LogP contribution in [0.1, 0.15) is 46.4 Å². The molecule has 6 nitrogen and oxygen atoms in total. The van der Waals surface area contributed by atoms with Crippen molar-refractivity contribution in [1.29, 1.82) is 0 Å². The third-order valence-electron chi connectivity index (χ3n) is 6.30. The molecule has 34 heavy (non-hydrogen) atoms. The van der Waals surface area contributed by atoms with Gasteiger partial charge in [0.2, 0.25) is 5.91 Å². The largest absolute Gasteiger partial charge is 0.455 e. The number of carbonyl (C=O) groups is 2. The first-order valence-corrected chi connectivity index (χ1v) is 11.3. The van der Waals surface area contributed by atoms with Gasteiger partial charge >= 0.3 is 0 Å². The van der Waals surface area contributed by atoms with Crippen LogP contribution in [0.3, 0.4) is 0 Å². The molecule has 0 saturated heterocycles. The lowest BCUT2D eigenvalue weighted by molar-refractivity contribution is -0.116. The summed E-state index contributed by atoms with van der Waals surface area (Å²) in [6, 6.07) is 19.9. The number of amides is 2. The van der Waals surface area contributed by atoms with Crippen LogP contribution < -0.4 is 16.1 Å². The third-order valence-corrected chi connectivity index (χ3v) is 6.30. The summed E-state index contributed by atoms with van der Waals surface area (Å²) in [5.41, 5.74) is 4.52. The van der Waals surface area contributed by atoms with Crippen LogP contribution in [-0.2, 0) is 11.2 Å². The quantitative estimate of drug-likeness (QED) is 0.449. The van der Waals surface area contributed by atoms with Gasteiger partial charge in [-0.15, -0.1) is 0 Å². The number of nitrogens with one attached hydrogen (secondary N) is 2. The molecular weight excluding hydrogens is 428 g/mol. The summed E-state index contributed by atoms with van der Waals surface area (Å²) in [5.74, 6) is 0.155. The van der Waals surface area contributed by atoms with Gasteiger partial charge in [0, 0.05) is 23.2 Å². The maximum atomic E-state index is 13.3. The molecule has 0 saturated carbocycles. The van der Waals surface area contributed by atoms with Crippen molar-refractivity contribution in [2.24, 2.45) is 0 Å². The maximum Gasteiger partial charge on any atom is 0.255 e. The van der Waals surface area contributed by atoms with E-state index in [2.05, 4.69) is 10.6 Å². The zero-order valence-electron chi connectivity index (χ0n) is 19.0. The van der Waals surface area contributed by atoms with Crippen LogP contribution in [0, 0.1) is 6.92 Å². The first-order chi connectivity index (χ1) is 16.4. The number of hydrogen-bond acceptors (Lipinski definition) is 4. The molecule has 1 atom stereocenters. The number of fused-ring (bicyclic) bond motifs is 2. The van der Waals surface area contributed by atoms with E-state index in [1.165, 1.54) is 0 Å². The van der Waals surface area contributed by atoms with Gasteiger partial charge in [0.05, 0.1) is 17.0 Å². The molecule has 6 heteroatoms. The Hall–Kier alpha value is -4.19. The zero-order chi connectivity index (χ0) is 23.8. The van der Waals surface area contributed by atoms with Crippen molar-refractivity contribution in [3.63, 3.8) is 0 Å². The lowest BCUT2D eigenvalue weighted by Crippen LogP contribution is -2.27. The first-order valence-electron chi connectivity index (χ1n) is 11.3. The van der Waals surface area contributed by atoms with Crippen molar-refractivity contribution < 1.29 is 14.0 Å². The smallest absolute Gasteiger partial charge is 0.255 e. The lowest BCUT2D eigenvalue weighted by atomic mass is 9.97. The Morgan fingerprint density at radius 3 is 2.59 bits per heavy atom. The second-order valence-electron chi connectivity index (χ2n) is 8.59. The molecule has 0 radical (unpaired) electrons. The average molecular weight is 453 g/mol. The molecule has 1 unspecified atom stereocenters. The summed E-state index contributed by atoms with van der Waals surface area (Å²) in [7, 11) is 0. The number of benzene rings is 3. The van der Waals surface area contributed by atoms with Crippen LogP contribution in [0.15, 0.2) is 75.9 Å². The van der Waals surface area contributed by atoms with Gasteiger partial charge in [0.1, 0.15) is 5.76 Å². The van der Waals surface area contributed by atoms with E-state index in [1.54, 1.807) is 25.1 Å². The third kappa shape index (κ3) is 3.88. The molecule has 4 aromatic rings. The molecule has 1 aliphatic rings. The molecule has 0 fully saturated rings. The summed E-state index contributed by atoms with van der Waals surface area (Å²) in [5, 5.41) is 6.28. The fourth-order valence-electron chi connectivity index (χ4n) is 4.38. The number of anilines is 1. The topological polar surface area (TPSA) is 88.4 Å². The van der Waals surface area contributed by atoms with E-state index in [-0.39, 0.29) is 28.9 Å². The number of aryl methyl sites for hydroxylation is 1. The summed E-state index contributed by atoms with van der Waals surface area (Å²) in [4.78, 5) is 38.0. The number of carbonyl (C=O) groups excluding carboxylic acids is 2. The van der Waals surface area contributed by atoms with Gasteiger partial charge in [-0.2, -0.15) is 0 Å².